The van der Waals surface area contributed by atoms with E-state index in [4.69, 9.17) is 22.2 Å². The Labute approximate surface area is 116 Å². The normalized spacial score (nSPS) is 12.2. The highest BCUT2D eigenvalue weighted by Gasteiger charge is 2.21. The average molecular weight is 281 g/mol. The molecule has 0 aromatic heterocycles. The second-order valence-electron chi connectivity index (χ2n) is 4.01. The van der Waals surface area contributed by atoms with E-state index in [0.717, 1.165) is 5.56 Å². The number of methoxy groups -OCH3 is 1. The van der Waals surface area contributed by atoms with Crippen molar-refractivity contribution in [1.29, 1.82) is 0 Å². The van der Waals surface area contributed by atoms with Crippen molar-refractivity contribution >= 4 is 11.6 Å². The number of nitrogens with two attached hydrogens (primary N) is 1. The van der Waals surface area contributed by atoms with Gasteiger partial charge in [0.25, 0.3) is 0 Å². The van der Waals surface area contributed by atoms with Gasteiger partial charge in [-0.25, -0.2) is 9.82 Å². The van der Waals surface area contributed by atoms with Crippen LogP contribution in [0.1, 0.15) is 17.2 Å². The van der Waals surface area contributed by atoms with Gasteiger partial charge in [-0.3, -0.25) is 5.84 Å². The molecule has 0 saturated carbocycles. The molecule has 2 aromatic rings. The fraction of sp³-hybridized carbons (Fsp3) is 0.143. The van der Waals surface area contributed by atoms with Gasteiger partial charge in [0.05, 0.1) is 18.7 Å². The number of ether oxygens (including phenoxy) is 1. The van der Waals surface area contributed by atoms with E-state index >= 15 is 0 Å². The SMILES string of the molecule is COc1cccc(F)c1C(NN)c1ccc(Cl)cc1. The lowest BCUT2D eigenvalue weighted by atomic mass is 9.98. The lowest BCUT2D eigenvalue weighted by Crippen LogP contribution is -2.29. The van der Waals surface area contributed by atoms with E-state index in [-0.39, 0.29) is 5.82 Å². The Balaban J connectivity index is 2.50. The molecule has 0 fully saturated rings. The predicted molar refractivity (Wildman–Crippen MR) is 73.6 cm³/mol. The molecular weight excluding hydrogens is 267 g/mol. The van der Waals surface area contributed by atoms with E-state index < -0.39 is 6.04 Å². The van der Waals surface area contributed by atoms with Crippen LogP contribution in [0.4, 0.5) is 4.39 Å². The molecule has 0 amide bonds. The third-order valence-electron chi connectivity index (χ3n) is 2.89. The molecule has 0 aliphatic heterocycles. The Bertz CT molecular complexity index is 560. The molecule has 1 unspecified atom stereocenters. The van der Waals surface area contributed by atoms with Crippen LogP contribution in [-0.4, -0.2) is 7.11 Å². The van der Waals surface area contributed by atoms with Crippen LogP contribution in [0.2, 0.25) is 5.02 Å². The first-order chi connectivity index (χ1) is 9.17. The molecule has 3 N–H and O–H groups in total. The number of hydrazine groups is 1. The summed E-state index contributed by atoms with van der Waals surface area (Å²) in [7, 11) is 1.49. The molecule has 0 saturated heterocycles. The van der Waals surface area contributed by atoms with Gasteiger partial charge in [0.2, 0.25) is 0 Å². The number of rotatable bonds is 4. The van der Waals surface area contributed by atoms with Gasteiger partial charge in [-0.1, -0.05) is 29.8 Å². The fourth-order valence-electron chi connectivity index (χ4n) is 1.98. The van der Waals surface area contributed by atoms with E-state index in [1.165, 1.54) is 13.2 Å². The van der Waals surface area contributed by atoms with Crippen LogP contribution in [0.25, 0.3) is 0 Å². The molecule has 0 bridgehead atoms. The lowest BCUT2D eigenvalue weighted by Gasteiger charge is -2.20. The molecule has 0 aliphatic carbocycles. The predicted octanol–water partition coefficient (Wildman–Crippen LogP) is 3.04. The van der Waals surface area contributed by atoms with Crippen molar-refractivity contribution in [2.45, 2.75) is 6.04 Å². The zero-order chi connectivity index (χ0) is 13.8. The first-order valence-corrected chi connectivity index (χ1v) is 6.09. The summed E-state index contributed by atoms with van der Waals surface area (Å²) < 4.78 is 19.2. The summed E-state index contributed by atoms with van der Waals surface area (Å²) in [6, 6.07) is 11.2. The molecule has 2 aromatic carbocycles. The number of hydrogen-bond donors (Lipinski definition) is 2. The van der Waals surface area contributed by atoms with E-state index in [1.54, 1.807) is 36.4 Å². The highest BCUT2D eigenvalue weighted by Crippen LogP contribution is 2.32. The maximum Gasteiger partial charge on any atom is 0.132 e. The lowest BCUT2D eigenvalue weighted by molar-refractivity contribution is 0.397. The molecule has 100 valence electrons. The summed E-state index contributed by atoms with van der Waals surface area (Å²) in [6.45, 7) is 0. The zero-order valence-electron chi connectivity index (χ0n) is 10.4. The minimum atomic E-state index is -0.506. The van der Waals surface area contributed by atoms with Crippen LogP contribution in [0.3, 0.4) is 0 Å². The van der Waals surface area contributed by atoms with Gasteiger partial charge >= 0.3 is 0 Å². The number of hydrogen-bond acceptors (Lipinski definition) is 3. The van der Waals surface area contributed by atoms with Gasteiger partial charge in [-0.2, -0.15) is 0 Å². The summed E-state index contributed by atoms with van der Waals surface area (Å²) in [6.07, 6.45) is 0. The van der Waals surface area contributed by atoms with Crippen molar-refractivity contribution in [2.24, 2.45) is 5.84 Å². The van der Waals surface area contributed by atoms with Crippen LogP contribution >= 0.6 is 11.6 Å². The van der Waals surface area contributed by atoms with Crippen molar-refractivity contribution in [3.63, 3.8) is 0 Å². The molecule has 0 heterocycles. The van der Waals surface area contributed by atoms with Crippen molar-refractivity contribution in [3.05, 3.63) is 64.4 Å². The Morgan fingerprint density at radius 2 is 1.89 bits per heavy atom. The van der Waals surface area contributed by atoms with E-state index in [2.05, 4.69) is 5.43 Å². The minimum absolute atomic E-state index is 0.370. The Morgan fingerprint density at radius 3 is 2.47 bits per heavy atom. The third kappa shape index (κ3) is 2.87. The van der Waals surface area contributed by atoms with E-state index in [1.807, 2.05) is 0 Å². The largest absolute Gasteiger partial charge is 0.496 e. The summed E-state index contributed by atoms with van der Waals surface area (Å²) in [5.41, 5.74) is 3.78. The van der Waals surface area contributed by atoms with Crippen molar-refractivity contribution in [3.8, 4) is 5.75 Å². The second kappa shape index (κ2) is 6.02. The van der Waals surface area contributed by atoms with Gasteiger partial charge < -0.3 is 4.74 Å². The van der Waals surface area contributed by atoms with Crippen LogP contribution in [0, 0.1) is 5.82 Å². The summed E-state index contributed by atoms with van der Waals surface area (Å²) in [4.78, 5) is 0. The number of nitrogens with one attached hydrogen (secondary N) is 1. The first kappa shape index (κ1) is 13.8. The van der Waals surface area contributed by atoms with Crippen molar-refractivity contribution in [2.75, 3.05) is 7.11 Å². The molecule has 1 atom stereocenters. The third-order valence-corrected chi connectivity index (χ3v) is 3.14. The van der Waals surface area contributed by atoms with Crippen LogP contribution < -0.4 is 16.0 Å². The first-order valence-electron chi connectivity index (χ1n) is 5.71. The van der Waals surface area contributed by atoms with Gasteiger partial charge in [-0.15, -0.1) is 0 Å². The van der Waals surface area contributed by atoms with Crippen molar-refractivity contribution in [1.82, 2.24) is 5.43 Å². The second-order valence-corrected chi connectivity index (χ2v) is 4.44. The van der Waals surface area contributed by atoms with Crippen LogP contribution in [-0.2, 0) is 0 Å². The molecular formula is C14H14ClFN2O. The molecule has 0 radical (unpaired) electrons. The topological polar surface area (TPSA) is 47.3 Å². The maximum absolute atomic E-state index is 14.0. The summed E-state index contributed by atoms with van der Waals surface area (Å²) >= 11 is 5.84. The minimum Gasteiger partial charge on any atom is -0.496 e. The zero-order valence-corrected chi connectivity index (χ0v) is 11.1. The highest BCUT2D eigenvalue weighted by molar-refractivity contribution is 6.30. The fourth-order valence-corrected chi connectivity index (χ4v) is 2.10. The van der Waals surface area contributed by atoms with Crippen LogP contribution in [0.5, 0.6) is 5.75 Å². The van der Waals surface area contributed by atoms with Gasteiger partial charge in [0, 0.05) is 5.02 Å². The molecule has 3 nitrogen and oxygen atoms in total. The number of halogens is 2. The van der Waals surface area contributed by atoms with Crippen LogP contribution in [0.15, 0.2) is 42.5 Å². The molecule has 0 spiro atoms. The summed E-state index contributed by atoms with van der Waals surface area (Å²) in [5, 5.41) is 0.611. The van der Waals surface area contributed by atoms with E-state index in [9.17, 15) is 4.39 Å². The Morgan fingerprint density at radius 1 is 1.21 bits per heavy atom. The number of benzene rings is 2. The maximum atomic E-state index is 14.0. The monoisotopic (exact) mass is 280 g/mol. The quantitative estimate of drug-likeness (QED) is 0.668. The molecule has 0 aliphatic rings. The van der Waals surface area contributed by atoms with Gasteiger partial charge in [-0.05, 0) is 29.8 Å². The molecule has 2 rings (SSSR count). The van der Waals surface area contributed by atoms with Gasteiger partial charge in [0.15, 0.2) is 0 Å². The average Bonchev–Trinajstić information content (AvgIpc) is 2.43. The molecule has 19 heavy (non-hydrogen) atoms. The van der Waals surface area contributed by atoms with Crippen molar-refractivity contribution < 1.29 is 9.13 Å². The molecule has 5 heteroatoms. The Kier molecular flexibility index (Phi) is 4.37. The highest BCUT2D eigenvalue weighted by atomic mass is 35.5. The Hall–Kier alpha value is -1.62. The van der Waals surface area contributed by atoms with E-state index in [0.29, 0.717) is 16.3 Å². The standard InChI is InChI=1S/C14H14ClFN2O/c1-19-12-4-2-3-11(16)13(12)14(18-17)9-5-7-10(15)8-6-9/h2-8,14,18H,17H2,1H3. The smallest absolute Gasteiger partial charge is 0.132 e. The van der Waals surface area contributed by atoms with Gasteiger partial charge in [0.1, 0.15) is 11.6 Å². The summed E-state index contributed by atoms with van der Waals surface area (Å²) in [5.74, 6) is 5.63.